The van der Waals surface area contributed by atoms with Crippen LogP contribution in [-0.2, 0) is 0 Å². The lowest BCUT2D eigenvalue weighted by molar-refractivity contribution is 0.428. The Bertz CT molecular complexity index is 267. The molecule has 1 heteroatoms. The molecule has 0 saturated carbocycles. The molecule has 0 bridgehead atoms. The van der Waals surface area contributed by atoms with Crippen molar-refractivity contribution in [3.8, 4) is 0 Å². The molecule has 0 atom stereocenters. The molecule has 0 spiro atoms. The highest BCUT2D eigenvalue weighted by molar-refractivity contribution is 5.24. The van der Waals surface area contributed by atoms with E-state index in [9.17, 15) is 0 Å². The Hall–Kier alpha value is -0.980. The second-order valence-electron chi connectivity index (χ2n) is 4.55. The summed E-state index contributed by atoms with van der Waals surface area (Å²) in [5.74, 6) is 0. The van der Waals surface area contributed by atoms with Crippen molar-refractivity contribution < 1.29 is 0 Å². The summed E-state index contributed by atoms with van der Waals surface area (Å²) in [6, 6.07) is 0. The summed E-state index contributed by atoms with van der Waals surface area (Å²) in [6.07, 6.45) is 12.8. The van der Waals surface area contributed by atoms with Gasteiger partial charge in [0.05, 0.1) is 0 Å². The normalized spacial score (nSPS) is 18.0. The van der Waals surface area contributed by atoms with Gasteiger partial charge in [0.15, 0.2) is 0 Å². The van der Waals surface area contributed by atoms with Crippen molar-refractivity contribution in [3.05, 3.63) is 36.1 Å². The maximum atomic E-state index is 3.88. The zero-order chi connectivity index (χ0) is 11.8. The fraction of sp³-hybridized carbons (Fsp3) is 0.600. The fourth-order valence-electron chi connectivity index (χ4n) is 2.04. The molecular formula is C15H25N. The third kappa shape index (κ3) is 4.26. The van der Waals surface area contributed by atoms with Gasteiger partial charge in [-0.25, -0.2) is 0 Å². The Morgan fingerprint density at radius 3 is 2.50 bits per heavy atom. The van der Waals surface area contributed by atoms with E-state index in [1.165, 1.54) is 50.0 Å². The monoisotopic (exact) mass is 219 g/mol. The Morgan fingerprint density at radius 1 is 1.25 bits per heavy atom. The van der Waals surface area contributed by atoms with Gasteiger partial charge in [0.2, 0.25) is 0 Å². The second-order valence-corrected chi connectivity index (χ2v) is 4.55. The van der Waals surface area contributed by atoms with Crippen LogP contribution < -0.4 is 0 Å². The molecular weight excluding hydrogens is 194 g/mol. The molecule has 1 aliphatic heterocycles. The van der Waals surface area contributed by atoms with E-state index in [0.29, 0.717) is 0 Å². The van der Waals surface area contributed by atoms with Crippen molar-refractivity contribution in [2.45, 2.75) is 46.0 Å². The minimum Gasteiger partial charge on any atom is -0.375 e. The van der Waals surface area contributed by atoms with Crippen LogP contribution in [0.3, 0.4) is 0 Å². The molecule has 90 valence electrons. The lowest BCUT2D eigenvalue weighted by atomic mass is 10.1. The highest BCUT2D eigenvalue weighted by Crippen LogP contribution is 2.15. The first-order valence-electron chi connectivity index (χ1n) is 6.52. The number of hydrogen-bond donors (Lipinski definition) is 0. The summed E-state index contributed by atoms with van der Waals surface area (Å²) in [5, 5.41) is 0. The maximum Gasteiger partial charge on any atom is 0.0175 e. The van der Waals surface area contributed by atoms with Crippen molar-refractivity contribution in [1.29, 1.82) is 0 Å². The van der Waals surface area contributed by atoms with Crippen LogP contribution in [0.4, 0.5) is 0 Å². The Labute approximate surface area is 101 Å². The molecule has 16 heavy (non-hydrogen) atoms. The Morgan fingerprint density at radius 2 is 1.94 bits per heavy atom. The Kier molecular flexibility index (Phi) is 5.99. The van der Waals surface area contributed by atoms with Crippen molar-refractivity contribution >= 4 is 0 Å². The van der Waals surface area contributed by atoms with Gasteiger partial charge >= 0.3 is 0 Å². The summed E-state index contributed by atoms with van der Waals surface area (Å²) >= 11 is 0. The molecule has 0 radical (unpaired) electrons. The average molecular weight is 219 g/mol. The largest absolute Gasteiger partial charge is 0.375 e. The zero-order valence-corrected chi connectivity index (χ0v) is 10.8. The van der Waals surface area contributed by atoms with Gasteiger partial charge in [-0.2, -0.15) is 0 Å². The molecule has 1 aliphatic rings. The minimum atomic E-state index is 1.16. The highest BCUT2D eigenvalue weighted by Gasteiger charge is 2.10. The third-order valence-corrected chi connectivity index (χ3v) is 3.22. The van der Waals surface area contributed by atoms with Gasteiger partial charge in [0.25, 0.3) is 0 Å². The van der Waals surface area contributed by atoms with Gasteiger partial charge < -0.3 is 4.90 Å². The van der Waals surface area contributed by atoms with Crippen LogP contribution in [0.5, 0.6) is 0 Å². The average Bonchev–Trinajstić information content (AvgIpc) is 2.82. The molecule has 0 aromatic heterocycles. The van der Waals surface area contributed by atoms with E-state index >= 15 is 0 Å². The van der Waals surface area contributed by atoms with Crippen LogP contribution in [0.2, 0.25) is 0 Å². The van der Waals surface area contributed by atoms with Gasteiger partial charge in [-0.15, -0.1) is 0 Å². The first kappa shape index (κ1) is 13.1. The number of likely N-dealkylation sites (tertiary alicyclic amines) is 1. The predicted octanol–water partition coefficient (Wildman–Crippen LogP) is 4.29. The summed E-state index contributed by atoms with van der Waals surface area (Å²) in [6.45, 7) is 10.8. The molecule has 0 aromatic carbocycles. The SMILES string of the molecule is C=C/C(=C\C=C(/C)N1CCCC1)CCCC. The Balaban J connectivity index is 2.51. The smallest absolute Gasteiger partial charge is 0.0175 e. The molecule has 1 heterocycles. The van der Waals surface area contributed by atoms with E-state index in [1.54, 1.807) is 0 Å². The van der Waals surface area contributed by atoms with Crippen LogP contribution >= 0.6 is 0 Å². The van der Waals surface area contributed by atoms with Crippen LogP contribution in [0.1, 0.15) is 46.0 Å². The van der Waals surface area contributed by atoms with Crippen LogP contribution in [-0.4, -0.2) is 18.0 Å². The number of allylic oxidation sites excluding steroid dienone is 5. The summed E-state index contributed by atoms with van der Waals surface area (Å²) in [4.78, 5) is 2.47. The second kappa shape index (κ2) is 7.32. The van der Waals surface area contributed by atoms with E-state index < -0.39 is 0 Å². The highest BCUT2D eigenvalue weighted by atomic mass is 15.1. The van der Waals surface area contributed by atoms with Crippen molar-refractivity contribution in [2.24, 2.45) is 0 Å². The number of unbranched alkanes of at least 4 members (excludes halogenated alkanes) is 1. The standard InChI is InChI=1S/C15H25N/c1-4-6-9-15(5-2)11-10-14(3)16-12-7-8-13-16/h5,10-11H,2,4,6-9,12-13H2,1,3H3/b14-10+,15-11+. The van der Waals surface area contributed by atoms with E-state index in [-0.39, 0.29) is 0 Å². The van der Waals surface area contributed by atoms with E-state index in [0.717, 1.165) is 6.42 Å². The number of rotatable bonds is 6. The van der Waals surface area contributed by atoms with Gasteiger partial charge in [-0.3, -0.25) is 0 Å². The first-order valence-corrected chi connectivity index (χ1v) is 6.52. The molecule has 0 amide bonds. The zero-order valence-electron chi connectivity index (χ0n) is 10.8. The van der Waals surface area contributed by atoms with E-state index in [1.807, 2.05) is 6.08 Å². The maximum absolute atomic E-state index is 3.88. The van der Waals surface area contributed by atoms with Crippen LogP contribution in [0.15, 0.2) is 36.1 Å². The van der Waals surface area contributed by atoms with E-state index in [2.05, 4.69) is 37.5 Å². The quantitative estimate of drug-likeness (QED) is 0.602. The lowest BCUT2D eigenvalue weighted by Gasteiger charge is -2.17. The van der Waals surface area contributed by atoms with Crippen LogP contribution in [0, 0.1) is 0 Å². The topological polar surface area (TPSA) is 3.24 Å². The van der Waals surface area contributed by atoms with Crippen molar-refractivity contribution in [2.75, 3.05) is 13.1 Å². The van der Waals surface area contributed by atoms with Crippen molar-refractivity contribution in [1.82, 2.24) is 4.90 Å². The van der Waals surface area contributed by atoms with Gasteiger partial charge in [-0.05, 0) is 44.3 Å². The predicted molar refractivity (Wildman–Crippen MR) is 72.4 cm³/mol. The molecule has 1 fully saturated rings. The molecule has 0 N–H and O–H groups in total. The van der Waals surface area contributed by atoms with E-state index in [4.69, 9.17) is 0 Å². The molecule has 1 nitrogen and oxygen atoms in total. The summed E-state index contributed by atoms with van der Waals surface area (Å²) < 4.78 is 0. The van der Waals surface area contributed by atoms with Gasteiger partial charge in [-0.1, -0.05) is 32.1 Å². The molecule has 0 aliphatic carbocycles. The number of hydrogen-bond acceptors (Lipinski definition) is 1. The number of nitrogens with zero attached hydrogens (tertiary/aromatic N) is 1. The van der Waals surface area contributed by atoms with Gasteiger partial charge in [0, 0.05) is 18.8 Å². The summed E-state index contributed by atoms with van der Waals surface area (Å²) in [5.41, 5.74) is 2.76. The van der Waals surface area contributed by atoms with Gasteiger partial charge in [0.1, 0.15) is 0 Å². The third-order valence-electron chi connectivity index (χ3n) is 3.22. The van der Waals surface area contributed by atoms with Crippen LogP contribution in [0.25, 0.3) is 0 Å². The molecule has 1 rings (SSSR count). The molecule has 0 aromatic rings. The first-order chi connectivity index (χ1) is 7.77. The minimum absolute atomic E-state index is 1.16. The molecule has 0 unspecified atom stereocenters. The fourth-order valence-corrected chi connectivity index (χ4v) is 2.04. The molecule has 1 saturated heterocycles. The summed E-state index contributed by atoms with van der Waals surface area (Å²) in [7, 11) is 0. The lowest BCUT2D eigenvalue weighted by Crippen LogP contribution is -2.16. The van der Waals surface area contributed by atoms with Crippen molar-refractivity contribution in [3.63, 3.8) is 0 Å².